The molecule has 0 radical (unpaired) electrons. The minimum absolute atomic E-state index is 0.350. The van der Waals surface area contributed by atoms with Gasteiger partial charge in [-0.15, -0.1) is 0 Å². The molecule has 0 amide bonds. The van der Waals surface area contributed by atoms with Crippen LogP contribution in [-0.2, 0) is 20.6 Å². The minimum Gasteiger partial charge on any atom is -0.507 e. The fraction of sp³-hybridized carbons (Fsp3) is 0. The van der Waals surface area contributed by atoms with Crippen LogP contribution in [-0.4, -0.2) is 31.0 Å². The summed E-state index contributed by atoms with van der Waals surface area (Å²) in [4.78, 5) is 0. The van der Waals surface area contributed by atoms with Crippen LogP contribution in [0.2, 0.25) is 0 Å². The Balaban J connectivity index is 0.000000206. The number of hydrogen-bond donors (Lipinski definition) is 4. The second-order valence-corrected chi connectivity index (χ2v) is 6.10. The number of phenolic OH excluding ortho intramolecular Hbond substituents is 1. The van der Waals surface area contributed by atoms with Crippen LogP contribution in [0.3, 0.4) is 0 Å². The van der Waals surface area contributed by atoms with E-state index in [1.165, 1.54) is 0 Å². The lowest BCUT2D eigenvalue weighted by molar-refractivity contribution is 0.456. The van der Waals surface area contributed by atoms with E-state index in [9.17, 15) is 21.9 Å². The summed E-state index contributed by atoms with van der Waals surface area (Å²) < 4.78 is 54.1. The second kappa shape index (κ2) is 6.15. The Kier molecular flexibility index (Phi) is 5.03. The molecule has 0 saturated heterocycles. The van der Waals surface area contributed by atoms with Gasteiger partial charge in [0.2, 0.25) is 0 Å². The van der Waals surface area contributed by atoms with Crippen LogP contribution in [0.25, 0.3) is 10.8 Å². The monoisotopic (exact) mass is 321 g/mol. The van der Waals surface area contributed by atoms with Crippen molar-refractivity contribution in [1.29, 1.82) is 0 Å². The van der Waals surface area contributed by atoms with Crippen molar-refractivity contribution in [2.24, 2.45) is 0 Å². The van der Waals surface area contributed by atoms with Gasteiger partial charge < -0.3 is 5.11 Å². The molecular formula is C10H11NO7S2. The lowest BCUT2D eigenvalue weighted by Crippen LogP contribution is -2.28. The summed E-state index contributed by atoms with van der Waals surface area (Å²) in [5, 5.41) is 11.4. The van der Waals surface area contributed by atoms with E-state index in [2.05, 4.69) is 0 Å². The normalized spacial score (nSPS) is 11.7. The molecule has 8 nitrogen and oxygen atoms in total. The lowest BCUT2D eigenvalue weighted by atomic mass is 10.1. The first kappa shape index (κ1) is 16.3. The number of benzene rings is 2. The van der Waals surface area contributed by atoms with Crippen molar-refractivity contribution in [2.45, 2.75) is 0 Å². The SMILES string of the molecule is O=S(=O)(O)NS(=O)(=O)O.Oc1cccc2ccccc12. The Morgan fingerprint density at radius 3 is 1.75 bits per heavy atom. The van der Waals surface area contributed by atoms with E-state index in [1.54, 1.807) is 6.07 Å². The third-order valence-electron chi connectivity index (χ3n) is 1.98. The topological polar surface area (TPSA) is 141 Å². The molecule has 110 valence electrons. The largest absolute Gasteiger partial charge is 0.507 e. The molecule has 0 aromatic heterocycles. The zero-order valence-electron chi connectivity index (χ0n) is 9.83. The molecule has 20 heavy (non-hydrogen) atoms. The van der Waals surface area contributed by atoms with E-state index < -0.39 is 20.6 Å². The number of hydrogen-bond acceptors (Lipinski definition) is 5. The highest BCUT2D eigenvalue weighted by molar-refractivity contribution is 7.99. The van der Waals surface area contributed by atoms with Gasteiger partial charge in [-0.25, -0.2) is 0 Å². The zero-order valence-corrected chi connectivity index (χ0v) is 11.5. The van der Waals surface area contributed by atoms with Gasteiger partial charge in [0.25, 0.3) is 0 Å². The van der Waals surface area contributed by atoms with Crippen molar-refractivity contribution in [3.05, 3.63) is 42.5 Å². The zero-order chi connectivity index (χ0) is 15.4. The average Bonchev–Trinajstić information content (AvgIpc) is 2.25. The molecule has 0 aliphatic rings. The molecule has 2 rings (SSSR count). The van der Waals surface area contributed by atoms with E-state index in [4.69, 9.17) is 9.11 Å². The maximum Gasteiger partial charge on any atom is 0.348 e. The smallest absolute Gasteiger partial charge is 0.348 e. The molecule has 2 aromatic rings. The van der Waals surface area contributed by atoms with Crippen LogP contribution in [0.4, 0.5) is 0 Å². The highest BCUT2D eigenvalue weighted by atomic mass is 32.3. The predicted molar refractivity (Wildman–Crippen MR) is 71.8 cm³/mol. The predicted octanol–water partition coefficient (Wildman–Crippen LogP) is 0.727. The van der Waals surface area contributed by atoms with Crippen molar-refractivity contribution in [3.63, 3.8) is 0 Å². The van der Waals surface area contributed by atoms with Crippen molar-refractivity contribution in [2.75, 3.05) is 0 Å². The third kappa shape index (κ3) is 5.95. The summed E-state index contributed by atoms with van der Waals surface area (Å²) in [6.45, 7) is 0. The molecule has 0 atom stereocenters. The molecule has 0 unspecified atom stereocenters. The summed E-state index contributed by atoms with van der Waals surface area (Å²) >= 11 is 0. The molecule has 0 spiro atoms. The maximum absolute atomic E-state index is 9.55. The molecule has 0 saturated carbocycles. The third-order valence-corrected chi connectivity index (χ3v) is 3.66. The first-order chi connectivity index (χ1) is 9.08. The van der Waals surface area contributed by atoms with Gasteiger partial charge >= 0.3 is 20.6 Å². The molecule has 2 aromatic carbocycles. The second-order valence-electron chi connectivity index (χ2n) is 3.53. The van der Waals surface area contributed by atoms with E-state index in [1.807, 2.05) is 36.4 Å². The van der Waals surface area contributed by atoms with Gasteiger partial charge in [0, 0.05) is 5.39 Å². The van der Waals surface area contributed by atoms with Crippen molar-refractivity contribution >= 4 is 31.4 Å². The summed E-state index contributed by atoms with van der Waals surface area (Å²) in [6, 6.07) is 13.3. The van der Waals surface area contributed by atoms with Gasteiger partial charge in [-0.3, -0.25) is 9.11 Å². The Labute approximate surface area is 115 Å². The summed E-state index contributed by atoms with van der Waals surface area (Å²) in [6.07, 6.45) is 0. The van der Waals surface area contributed by atoms with Crippen LogP contribution in [0.1, 0.15) is 0 Å². The molecule has 0 aliphatic carbocycles. The van der Waals surface area contributed by atoms with Gasteiger partial charge in [0.1, 0.15) is 5.75 Å². The first-order valence-electron chi connectivity index (χ1n) is 4.99. The highest BCUT2D eigenvalue weighted by Crippen LogP contribution is 2.22. The van der Waals surface area contributed by atoms with Gasteiger partial charge in [-0.1, -0.05) is 40.5 Å². The first-order valence-corrected chi connectivity index (χ1v) is 7.87. The summed E-state index contributed by atoms with van der Waals surface area (Å²) in [5.74, 6) is 0.350. The van der Waals surface area contributed by atoms with E-state index in [0.717, 1.165) is 10.8 Å². The van der Waals surface area contributed by atoms with Crippen molar-refractivity contribution in [1.82, 2.24) is 4.13 Å². The quantitative estimate of drug-likeness (QED) is 0.597. The average molecular weight is 321 g/mol. The number of rotatable bonds is 2. The number of phenols is 1. The van der Waals surface area contributed by atoms with E-state index in [-0.39, 0.29) is 0 Å². The van der Waals surface area contributed by atoms with E-state index >= 15 is 0 Å². The molecule has 10 heteroatoms. The minimum atomic E-state index is -4.87. The number of fused-ring (bicyclic) bond motifs is 1. The van der Waals surface area contributed by atoms with E-state index in [0.29, 0.717) is 9.88 Å². The van der Waals surface area contributed by atoms with Crippen LogP contribution in [0.15, 0.2) is 42.5 Å². The molecule has 0 aliphatic heterocycles. The summed E-state index contributed by atoms with van der Waals surface area (Å²) in [5.41, 5.74) is 0. The Bertz CT molecular complexity index is 764. The molecule has 0 bridgehead atoms. The molecule has 4 N–H and O–H groups in total. The van der Waals surface area contributed by atoms with Crippen molar-refractivity contribution in [3.8, 4) is 5.75 Å². The fourth-order valence-electron chi connectivity index (χ4n) is 1.34. The number of aromatic hydroxyl groups is 1. The Hall–Kier alpha value is -1.72. The van der Waals surface area contributed by atoms with Gasteiger partial charge in [0.05, 0.1) is 0 Å². The van der Waals surface area contributed by atoms with Crippen LogP contribution in [0, 0.1) is 0 Å². The van der Waals surface area contributed by atoms with Crippen molar-refractivity contribution < 1.29 is 31.0 Å². The van der Waals surface area contributed by atoms with Crippen LogP contribution >= 0.6 is 0 Å². The van der Waals surface area contributed by atoms with Gasteiger partial charge in [-0.05, 0) is 11.5 Å². The van der Waals surface area contributed by atoms with Gasteiger partial charge in [0.15, 0.2) is 0 Å². The number of nitrogens with one attached hydrogen (secondary N) is 1. The standard InChI is InChI=1S/C10H8O.H3NO6S2/c11-10-7-3-5-8-4-1-2-6-9(8)10;2-8(3,4)1-9(5,6)7/h1-7,11H;1H,(H,2,3,4)(H,5,6,7). The highest BCUT2D eigenvalue weighted by Gasteiger charge is 2.12. The molecular weight excluding hydrogens is 310 g/mol. The maximum atomic E-state index is 9.55. The Morgan fingerprint density at radius 2 is 1.30 bits per heavy atom. The summed E-state index contributed by atoms with van der Waals surface area (Å²) in [7, 11) is -9.74. The van der Waals surface area contributed by atoms with Gasteiger partial charge in [-0.2, -0.15) is 16.8 Å². The van der Waals surface area contributed by atoms with Crippen LogP contribution in [0.5, 0.6) is 5.75 Å². The van der Waals surface area contributed by atoms with Crippen LogP contribution < -0.4 is 4.13 Å². The molecule has 0 fully saturated rings. The molecule has 0 heterocycles. The Morgan fingerprint density at radius 1 is 0.800 bits per heavy atom. The fourth-order valence-corrected chi connectivity index (χ4v) is 2.41. The lowest BCUT2D eigenvalue weighted by Gasteiger charge is -1.97.